The molecule has 1 heterocycles. The number of hydrogen-bond acceptors (Lipinski definition) is 2. The van der Waals surface area contributed by atoms with Crippen LogP contribution in [0.25, 0.3) is 0 Å². The number of hydrogen-bond donors (Lipinski definition) is 1. The minimum absolute atomic E-state index is 0.134. The van der Waals surface area contributed by atoms with E-state index in [0.29, 0.717) is 16.8 Å². The molecule has 6 heteroatoms. The Hall–Kier alpha value is -2.99. The van der Waals surface area contributed by atoms with Crippen molar-refractivity contribution in [1.29, 1.82) is 0 Å². The van der Waals surface area contributed by atoms with Crippen LogP contribution < -0.4 is 5.32 Å². The van der Waals surface area contributed by atoms with E-state index in [1.807, 2.05) is 30.3 Å². The topological polar surface area (TPSA) is 49.4 Å². The summed E-state index contributed by atoms with van der Waals surface area (Å²) in [6, 6.07) is 19.9. The van der Waals surface area contributed by atoms with Gasteiger partial charge in [-0.05, 0) is 48.0 Å². The van der Waals surface area contributed by atoms with Crippen LogP contribution >= 0.6 is 15.9 Å². The maximum absolute atomic E-state index is 14.1. The first kappa shape index (κ1) is 18.4. The summed E-state index contributed by atoms with van der Waals surface area (Å²) < 4.78 is 14.9. The van der Waals surface area contributed by atoms with Crippen molar-refractivity contribution in [2.75, 3.05) is 11.9 Å². The van der Waals surface area contributed by atoms with Crippen molar-refractivity contribution in [3.8, 4) is 0 Å². The molecule has 0 radical (unpaired) electrons. The van der Waals surface area contributed by atoms with Gasteiger partial charge in [0, 0.05) is 21.3 Å². The summed E-state index contributed by atoms with van der Waals surface area (Å²) in [4.78, 5) is 27.3. The van der Waals surface area contributed by atoms with E-state index in [-0.39, 0.29) is 18.4 Å². The lowest BCUT2D eigenvalue weighted by Crippen LogP contribution is -2.39. The third kappa shape index (κ3) is 3.55. The molecular weight excluding hydrogens is 423 g/mol. The summed E-state index contributed by atoms with van der Waals surface area (Å²) in [7, 11) is 0. The Kier molecular flexibility index (Phi) is 4.96. The Balaban J connectivity index is 1.88. The fourth-order valence-electron chi connectivity index (χ4n) is 3.42. The average molecular weight is 439 g/mol. The SMILES string of the molecule is O=C1CN(C(=O)c2ccc(Br)cc2)[C@H](c2ccccc2)c2cc(F)ccc2N1. The third-order valence-electron chi connectivity index (χ3n) is 4.68. The molecule has 1 N–H and O–H groups in total. The Morgan fingerprint density at radius 3 is 2.46 bits per heavy atom. The van der Waals surface area contributed by atoms with Crippen LogP contribution in [0.1, 0.15) is 27.5 Å². The van der Waals surface area contributed by atoms with Gasteiger partial charge in [-0.1, -0.05) is 46.3 Å². The van der Waals surface area contributed by atoms with Crippen LogP contribution in [0.15, 0.2) is 77.3 Å². The maximum atomic E-state index is 14.1. The summed E-state index contributed by atoms with van der Waals surface area (Å²) in [5, 5.41) is 2.79. The van der Waals surface area contributed by atoms with Gasteiger partial charge in [0.15, 0.2) is 0 Å². The number of halogens is 2. The molecule has 4 rings (SSSR count). The molecule has 0 aliphatic carbocycles. The van der Waals surface area contributed by atoms with Gasteiger partial charge in [-0.25, -0.2) is 4.39 Å². The highest BCUT2D eigenvalue weighted by molar-refractivity contribution is 9.10. The van der Waals surface area contributed by atoms with Gasteiger partial charge in [0.05, 0.1) is 6.04 Å². The summed E-state index contributed by atoms with van der Waals surface area (Å²) in [6.07, 6.45) is 0. The van der Waals surface area contributed by atoms with E-state index < -0.39 is 11.9 Å². The zero-order chi connectivity index (χ0) is 19.7. The van der Waals surface area contributed by atoms with E-state index in [2.05, 4.69) is 21.2 Å². The van der Waals surface area contributed by atoms with Crippen molar-refractivity contribution in [1.82, 2.24) is 4.90 Å². The molecule has 1 atom stereocenters. The van der Waals surface area contributed by atoms with Crippen molar-refractivity contribution >= 4 is 33.4 Å². The lowest BCUT2D eigenvalue weighted by atomic mass is 9.95. The molecule has 0 bridgehead atoms. The minimum atomic E-state index is -0.595. The summed E-state index contributed by atoms with van der Waals surface area (Å²) in [5.74, 6) is -1.04. The fourth-order valence-corrected chi connectivity index (χ4v) is 3.68. The summed E-state index contributed by atoms with van der Waals surface area (Å²) in [5.41, 5.74) is 2.31. The highest BCUT2D eigenvalue weighted by atomic mass is 79.9. The highest BCUT2D eigenvalue weighted by Crippen LogP contribution is 2.37. The first-order chi connectivity index (χ1) is 13.5. The number of anilines is 1. The second-order valence-electron chi connectivity index (χ2n) is 6.53. The van der Waals surface area contributed by atoms with Crippen LogP contribution in [0.5, 0.6) is 0 Å². The van der Waals surface area contributed by atoms with Crippen molar-refractivity contribution in [3.63, 3.8) is 0 Å². The van der Waals surface area contributed by atoms with Crippen LogP contribution in [0.4, 0.5) is 10.1 Å². The van der Waals surface area contributed by atoms with Crippen LogP contribution in [-0.4, -0.2) is 23.3 Å². The molecule has 3 aromatic rings. The van der Waals surface area contributed by atoms with Crippen LogP contribution in [0, 0.1) is 5.82 Å². The maximum Gasteiger partial charge on any atom is 0.255 e. The molecule has 0 saturated carbocycles. The molecule has 2 amide bonds. The lowest BCUT2D eigenvalue weighted by molar-refractivity contribution is -0.117. The standard InChI is InChI=1S/C22H16BrFN2O2/c23-16-8-6-15(7-9-16)22(28)26-13-20(27)25-19-11-10-17(24)12-18(19)21(26)14-4-2-1-3-5-14/h1-12,21H,13H2,(H,25,27)/t21-/m1/s1. The van der Waals surface area contributed by atoms with Crippen molar-refractivity contribution in [3.05, 3.63) is 99.8 Å². The smallest absolute Gasteiger partial charge is 0.255 e. The van der Waals surface area contributed by atoms with Gasteiger partial charge in [0.2, 0.25) is 5.91 Å². The Labute approximate surface area is 170 Å². The zero-order valence-electron chi connectivity index (χ0n) is 14.7. The average Bonchev–Trinajstić information content (AvgIpc) is 2.84. The molecule has 1 aliphatic heterocycles. The predicted octanol–water partition coefficient (Wildman–Crippen LogP) is 4.77. The van der Waals surface area contributed by atoms with E-state index in [4.69, 9.17) is 0 Å². The van der Waals surface area contributed by atoms with E-state index in [9.17, 15) is 14.0 Å². The quantitative estimate of drug-likeness (QED) is 0.626. The number of fused-ring (bicyclic) bond motifs is 1. The molecule has 1 aliphatic rings. The van der Waals surface area contributed by atoms with Crippen LogP contribution in [0.2, 0.25) is 0 Å². The van der Waals surface area contributed by atoms with Gasteiger partial charge in [-0.15, -0.1) is 0 Å². The van der Waals surface area contributed by atoms with E-state index in [1.165, 1.54) is 23.1 Å². The summed E-state index contributed by atoms with van der Waals surface area (Å²) in [6.45, 7) is -0.134. The van der Waals surface area contributed by atoms with E-state index in [1.54, 1.807) is 24.3 Å². The van der Waals surface area contributed by atoms with Gasteiger partial charge < -0.3 is 10.2 Å². The molecule has 0 aromatic heterocycles. The first-order valence-electron chi connectivity index (χ1n) is 8.74. The number of rotatable bonds is 2. The molecule has 0 fully saturated rings. The van der Waals surface area contributed by atoms with Gasteiger partial charge in [-0.2, -0.15) is 0 Å². The fraction of sp³-hybridized carbons (Fsp3) is 0.0909. The number of carbonyl (C=O) groups excluding carboxylic acids is 2. The normalized spacial score (nSPS) is 16.1. The molecule has 3 aromatic carbocycles. The highest BCUT2D eigenvalue weighted by Gasteiger charge is 2.34. The van der Waals surface area contributed by atoms with Gasteiger partial charge in [0.25, 0.3) is 5.91 Å². The minimum Gasteiger partial charge on any atom is -0.324 e. The molecule has 0 spiro atoms. The van der Waals surface area contributed by atoms with Crippen LogP contribution in [-0.2, 0) is 4.79 Å². The number of nitrogens with zero attached hydrogens (tertiary/aromatic N) is 1. The number of carbonyl (C=O) groups is 2. The molecule has 0 unspecified atom stereocenters. The van der Waals surface area contributed by atoms with Gasteiger partial charge >= 0.3 is 0 Å². The van der Waals surface area contributed by atoms with Gasteiger partial charge in [-0.3, -0.25) is 9.59 Å². The molecular formula is C22H16BrFN2O2. The molecule has 28 heavy (non-hydrogen) atoms. The van der Waals surface area contributed by atoms with Gasteiger partial charge in [0.1, 0.15) is 12.4 Å². The second kappa shape index (κ2) is 7.56. The Morgan fingerprint density at radius 2 is 1.75 bits per heavy atom. The van der Waals surface area contributed by atoms with E-state index >= 15 is 0 Å². The van der Waals surface area contributed by atoms with E-state index in [0.717, 1.165) is 10.0 Å². The van der Waals surface area contributed by atoms with Crippen molar-refractivity contribution in [2.24, 2.45) is 0 Å². The first-order valence-corrected chi connectivity index (χ1v) is 9.53. The molecule has 4 nitrogen and oxygen atoms in total. The van der Waals surface area contributed by atoms with Crippen LogP contribution in [0.3, 0.4) is 0 Å². The number of amides is 2. The third-order valence-corrected chi connectivity index (χ3v) is 5.20. The Bertz CT molecular complexity index is 1040. The number of benzene rings is 3. The second-order valence-corrected chi connectivity index (χ2v) is 7.45. The largest absolute Gasteiger partial charge is 0.324 e. The number of nitrogens with one attached hydrogen (secondary N) is 1. The Morgan fingerprint density at radius 1 is 1.04 bits per heavy atom. The predicted molar refractivity (Wildman–Crippen MR) is 108 cm³/mol. The molecule has 0 saturated heterocycles. The molecule has 140 valence electrons. The lowest BCUT2D eigenvalue weighted by Gasteiger charge is -2.30. The van der Waals surface area contributed by atoms with Crippen molar-refractivity contribution < 1.29 is 14.0 Å². The van der Waals surface area contributed by atoms with Crippen molar-refractivity contribution in [2.45, 2.75) is 6.04 Å². The monoisotopic (exact) mass is 438 g/mol. The zero-order valence-corrected chi connectivity index (χ0v) is 16.3. The summed E-state index contributed by atoms with van der Waals surface area (Å²) >= 11 is 3.36.